The first kappa shape index (κ1) is 19.8. The Morgan fingerprint density at radius 3 is 2.77 bits per heavy atom. The monoisotopic (exact) mass is 403 g/mol. The lowest BCUT2D eigenvalue weighted by atomic mass is 10.2. The number of rotatable bonds is 9. The normalized spacial score (nSPS) is 11.0. The molecule has 0 bridgehead atoms. The van der Waals surface area contributed by atoms with Gasteiger partial charge in [0.15, 0.2) is 5.76 Å². The molecular formula is C24H25N3O3. The second-order valence-corrected chi connectivity index (χ2v) is 7.12. The number of hydrogen-bond donors (Lipinski definition) is 1. The molecule has 2 aromatic heterocycles. The van der Waals surface area contributed by atoms with E-state index in [-0.39, 0.29) is 5.91 Å². The fraction of sp³-hybridized carbons (Fsp3) is 0.250. The van der Waals surface area contributed by atoms with Crippen LogP contribution in [0.4, 0.5) is 0 Å². The van der Waals surface area contributed by atoms with E-state index < -0.39 is 0 Å². The van der Waals surface area contributed by atoms with Crippen LogP contribution in [0.1, 0.15) is 28.4 Å². The molecule has 2 heterocycles. The Balaban J connectivity index is 1.38. The SMILES string of the molecule is Cc1ccccc1OCCn1c(CCCNC(=O)c2ccco2)nc2ccccc21. The highest BCUT2D eigenvalue weighted by Crippen LogP contribution is 2.19. The number of para-hydroxylation sites is 3. The number of carbonyl (C=O) groups excluding carboxylic acids is 1. The fourth-order valence-electron chi connectivity index (χ4n) is 3.47. The van der Waals surface area contributed by atoms with Crippen molar-refractivity contribution in [3.63, 3.8) is 0 Å². The van der Waals surface area contributed by atoms with E-state index in [9.17, 15) is 4.79 Å². The second kappa shape index (κ2) is 9.31. The van der Waals surface area contributed by atoms with Crippen LogP contribution in [-0.4, -0.2) is 28.6 Å². The maximum absolute atomic E-state index is 12.0. The van der Waals surface area contributed by atoms with Crippen LogP contribution in [-0.2, 0) is 13.0 Å². The van der Waals surface area contributed by atoms with Crippen LogP contribution in [0.15, 0.2) is 71.3 Å². The fourth-order valence-corrected chi connectivity index (χ4v) is 3.47. The second-order valence-electron chi connectivity index (χ2n) is 7.12. The number of amides is 1. The van der Waals surface area contributed by atoms with Gasteiger partial charge in [-0.3, -0.25) is 4.79 Å². The van der Waals surface area contributed by atoms with Crippen LogP contribution in [0.5, 0.6) is 5.75 Å². The first-order chi connectivity index (χ1) is 14.7. The summed E-state index contributed by atoms with van der Waals surface area (Å²) in [5, 5.41) is 2.89. The molecule has 0 saturated heterocycles. The Hall–Kier alpha value is -3.54. The number of aromatic nitrogens is 2. The molecule has 0 atom stereocenters. The third kappa shape index (κ3) is 4.54. The van der Waals surface area contributed by atoms with E-state index in [0.29, 0.717) is 25.5 Å². The Labute approximate surface area is 175 Å². The van der Waals surface area contributed by atoms with Crippen molar-refractivity contribution in [2.45, 2.75) is 26.3 Å². The molecule has 0 unspecified atom stereocenters. The van der Waals surface area contributed by atoms with Gasteiger partial charge in [-0.25, -0.2) is 4.98 Å². The van der Waals surface area contributed by atoms with Gasteiger partial charge in [-0.15, -0.1) is 0 Å². The zero-order chi connectivity index (χ0) is 20.8. The summed E-state index contributed by atoms with van der Waals surface area (Å²) in [6.07, 6.45) is 3.04. The topological polar surface area (TPSA) is 69.3 Å². The van der Waals surface area contributed by atoms with Crippen molar-refractivity contribution < 1.29 is 13.9 Å². The number of aryl methyl sites for hydroxylation is 2. The summed E-state index contributed by atoms with van der Waals surface area (Å²) in [7, 11) is 0. The molecule has 0 aliphatic carbocycles. The molecule has 2 aromatic carbocycles. The molecule has 154 valence electrons. The predicted molar refractivity (Wildman–Crippen MR) is 116 cm³/mol. The van der Waals surface area contributed by atoms with Crippen molar-refractivity contribution in [2.75, 3.05) is 13.2 Å². The number of furan rings is 1. The van der Waals surface area contributed by atoms with Crippen molar-refractivity contribution in [1.29, 1.82) is 0 Å². The minimum absolute atomic E-state index is 0.194. The van der Waals surface area contributed by atoms with Crippen LogP contribution >= 0.6 is 0 Å². The van der Waals surface area contributed by atoms with E-state index in [1.165, 1.54) is 6.26 Å². The number of nitrogens with zero attached hydrogens (tertiary/aromatic N) is 2. The molecule has 0 fully saturated rings. The molecule has 6 heteroatoms. The highest BCUT2D eigenvalue weighted by atomic mass is 16.5. The Kier molecular flexibility index (Phi) is 6.13. The van der Waals surface area contributed by atoms with Gasteiger partial charge in [0.25, 0.3) is 5.91 Å². The van der Waals surface area contributed by atoms with Crippen molar-refractivity contribution in [3.8, 4) is 5.75 Å². The van der Waals surface area contributed by atoms with Gasteiger partial charge < -0.3 is 19.0 Å². The Morgan fingerprint density at radius 2 is 1.93 bits per heavy atom. The molecule has 30 heavy (non-hydrogen) atoms. The number of nitrogens with one attached hydrogen (secondary N) is 1. The first-order valence-electron chi connectivity index (χ1n) is 10.2. The average Bonchev–Trinajstić information content (AvgIpc) is 3.41. The molecule has 4 rings (SSSR count). The summed E-state index contributed by atoms with van der Waals surface area (Å²) in [4.78, 5) is 16.8. The highest BCUT2D eigenvalue weighted by molar-refractivity contribution is 5.91. The Morgan fingerprint density at radius 1 is 1.10 bits per heavy atom. The molecular weight excluding hydrogens is 378 g/mol. The number of benzene rings is 2. The lowest BCUT2D eigenvalue weighted by molar-refractivity contribution is 0.0925. The molecule has 0 saturated carbocycles. The van der Waals surface area contributed by atoms with E-state index in [1.54, 1.807) is 12.1 Å². The third-order valence-corrected chi connectivity index (χ3v) is 5.01. The summed E-state index contributed by atoms with van der Waals surface area (Å²) in [6, 6.07) is 19.5. The molecule has 1 N–H and O–H groups in total. The maximum atomic E-state index is 12.0. The minimum atomic E-state index is -0.194. The van der Waals surface area contributed by atoms with Gasteiger partial charge in [0.2, 0.25) is 0 Å². The summed E-state index contributed by atoms with van der Waals surface area (Å²) in [5.74, 6) is 2.04. The number of ether oxygens (including phenoxy) is 1. The highest BCUT2D eigenvalue weighted by Gasteiger charge is 2.12. The van der Waals surface area contributed by atoms with Gasteiger partial charge in [-0.05, 0) is 49.2 Å². The van der Waals surface area contributed by atoms with Gasteiger partial charge >= 0.3 is 0 Å². The maximum Gasteiger partial charge on any atom is 0.286 e. The molecule has 0 radical (unpaired) electrons. The van der Waals surface area contributed by atoms with Gasteiger partial charge in [-0.1, -0.05) is 30.3 Å². The van der Waals surface area contributed by atoms with Crippen LogP contribution in [0.25, 0.3) is 11.0 Å². The molecule has 6 nitrogen and oxygen atoms in total. The van der Waals surface area contributed by atoms with Gasteiger partial charge in [0, 0.05) is 13.0 Å². The molecule has 4 aromatic rings. The van der Waals surface area contributed by atoms with Crippen LogP contribution in [0.3, 0.4) is 0 Å². The number of hydrogen-bond acceptors (Lipinski definition) is 4. The number of imidazole rings is 1. The lowest BCUT2D eigenvalue weighted by Gasteiger charge is -2.12. The smallest absolute Gasteiger partial charge is 0.286 e. The summed E-state index contributed by atoms with van der Waals surface area (Å²) in [5.41, 5.74) is 3.20. The molecule has 0 spiro atoms. The largest absolute Gasteiger partial charge is 0.491 e. The zero-order valence-corrected chi connectivity index (χ0v) is 17.0. The third-order valence-electron chi connectivity index (χ3n) is 5.01. The summed E-state index contributed by atoms with van der Waals surface area (Å²) in [6.45, 7) is 3.88. The van der Waals surface area contributed by atoms with E-state index >= 15 is 0 Å². The van der Waals surface area contributed by atoms with Crippen LogP contribution in [0.2, 0.25) is 0 Å². The van der Waals surface area contributed by atoms with Crippen LogP contribution < -0.4 is 10.1 Å². The van der Waals surface area contributed by atoms with Gasteiger partial charge in [0.05, 0.1) is 23.8 Å². The predicted octanol–water partition coefficient (Wildman–Crippen LogP) is 4.38. The van der Waals surface area contributed by atoms with Crippen molar-refractivity contribution in [3.05, 3.63) is 84.1 Å². The van der Waals surface area contributed by atoms with Crippen LogP contribution in [0, 0.1) is 6.92 Å². The summed E-state index contributed by atoms with van der Waals surface area (Å²) < 4.78 is 13.3. The Bertz CT molecular complexity index is 1120. The lowest BCUT2D eigenvalue weighted by Crippen LogP contribution is -2.24. The van der Waals surface area contributed by atoms with Gasteiger partial charge in [0.1, 0.15) is 18.2 Å². The first-order valence-corrected chi connectivity index (χ1v) is 10.2. The van der Waals surface area contributed by atoms with Crippen molar-refractivity contribution in [2.24, 2.45) is 0 Å². The molecule has 1 amide bonds. The van der Waals surface area contributed by atoms with Crippen molar-refractivity contribution >= 4 is 16.9 Å². The zero-order valence-electron chi connectivity index (χ0n) is 17.0. The standard InChI is InChI=1S/C24H25N3O3/c1-18-8-2-5-11-21(18)30-17-15-27-20-10-4-3-9-19(20)26-23(27)13-6-14-25-24(28)22-12-7-16-29-22/h2-5,7-12,16H,6,13-15,17H2,1H3,(H,25,28). The number of carbonyl (C=O) groups is 1. The van der Waals surface area contributed by atoms with E-state index in [0.717, 1.165) is 41.0 Å². The van der Waals surface area contributed by atoms with E-state index in [2.05, 4.69) is 16.0 Å². The minimum Gasteiger partial charge on any atom is -0.491 e. The number of fused-ring (bicyclic) bond motifs is 1. The summed E-state index contributed by atoms with van der Waals surface area (Å²) >= 11 is 0. The quantitative estimate of drug-likeness (QED) is 0.421. The molecule has 0 aliphatic heterocycles. The van der Waals surface area contributed by atoms with Crippen molar-refractivity contribution in [1.82, 2.24) is 14.9 Å². The molecule has 0 aliphatic rings. The van der Waals surface area contributed by atoms with E-state index in [4.69, 9.17) is 14.1 Å². The average molecular weight is 403 g/mol. The van der Waals surface area contributed by atoms with E-state index in [1.807, 2.05) is 49.4 Å². The van der Waals surface area contributed by atoms with Gasteiger partial charge in [-0.2, -0.15) is 0 Å².